The Morgan fingerprint density at radius 2 is 1.84 bits per heavy atom. The second-order valence-electron chi connectivity index (χ2n) is 7.84. The minimum absolute atomic E-state index is 0.00681. The number of urea groups is 1. The SMILES string of the molecule is O=C(NCc1ccc2nccn2c1)Nc1ccc(S(=O)(=O)N2CC3CCC(C2)O3)cc1. The summed E-state index contributed by atoms with van der Waals surface area (Å²) in [6.45, 7) is 1.14. The molecule has 0 radical (unpaired) electrons. The molecule has 9 nitrogen and oxygen atoms in total. The smallest absolute Gasteiger partial charge is 0.319 e. The monoisotopic (exact) mass is 441 g/mol. The number of hydrogen-bond acceptors (Lipinski definition) is 5. The molecule has 2 fully saturated rings. The summed E-state index contributed by atoms with van der Waals surface area (Å²) in [4.78, 5) is 16.6. The summed E-state index contributed by atoms with van der Waals surface area (Å²) in [6, 6.07) is 9.66. The molecule has 4 heterocycles. The van der Waals surface area contributed by atoms with Crippen LogP contribution in [-0.2, 0) is 21.3 Å². The number of morpholine rings is 1. The Balaban J connectivity index is 1.19. The van der Waals surface area contributed by atoms with E-state index in [-0.39, 0.29) is 23.1 Å². The Bertz CT molecular complexity index is 1200. The van der Waals surface area contributed by atoms with Crippen molar-refractivity contribution < 1.29 is 17.9 Å². The summed E-state index contributed by atoms with van der Waals surface area (Å²) in [7, 11) is -3.57. The molecule has 2 bridgehead atoms. The van der Waals surface area contributed by atoms with E-state index in [0.29, 0.717) is 25.3 Å². The van der Waals surface area contributed by atoms with Gasteiger partial charge in [-0.2, -0.15) is 4.31 Å². The van der Waals surface area contributed by atoms with E-state index in [0.717, 1.165) is 24.1 Å². The molecule has 2 aromatic heterocycles. The molecule has 0 aliphatic carbocycles. The van der Waals surface area contributed by atoms with Crippen LogP contribution in [0.3, 0.4) is 0 Å². The number of fused-ring (bicyclic) bond motifs is 3. The average Bonchev–Trinajstić information content (AvgIpc) is 3.37. The van der Waals surface area contributed by atoms with Crippen LogP contribution in [0.4, 0.5) is 10.5 Å². The first-order chi connectivity index (χ1) is 15.0. The van der Waals surface area contributed by atoms with Gasteiger partial charge in [0.1, 0.15) is 5.65 Å². The summed E-state index contributed by atoms with van der Waals surface area (Å²) in [5.74, 6) is 0. The zero-order valence-electron chi connectivity index (χ0n) is 16.8. The summed E-state index contributed by atoms with van der Waals surface area (Å²) < 4.78 is 35.0. The fourth-order valence-corrected chi connectivity index (χ4v) is 5.56. The number of benzene rings is 1. The normalized spacial score (nSPS) is 21.3. The van der Waals surface area contributed by atoms with Crippen LogP contribution in [-0.4, -0.2) is 53.4 Å². The highest BCUT2D eigenvalue weighted by Gasteiger charge is 2.39. The van der Waals surface area contributed by atoms with Crippen molar-refractivity contribution in [1.29, 1.82) is 0 Å². The van der Waals surface area contributed by atoms with E-state index in [1.54, 1.807) is 18.3 Å². The third-order valence-electron chi connectivity index (χ3n) is 5.66. The third kappa shape index (κ3) is 4.14. The van der Waals surface area contributed by atoms with Crippen LogP contribution in [0.2, 0.25) is 0 Å². The number of nitrogens with one attached hydrogen (secondary N) is 2. The van der Waals surface area contributed by atoms with Gasteiger partial charge in [0, 0.05) is 43.9 Å². The standard InChI is InChI=1S/C21H23N5O4S/c27-21(23-11-15-1-8-20-22-9-10-25(20)12-15)24-16-2-6-19(7-3-16)31(28,29)26-13-17-4-5-18(14-26)30-17/h1-3,6-10,12,17-18H,4-5,11,13-14H2,(H2,23,24,27). The number of carbonyl (C=O) groups is 1. The minimum atomic E-state index is -3.57. The van der Waals surface area contributed by atoms with Gasteiger partial charge in [-0.05, 0) is 48.7 Å². The zero-order valence-corrected chi connectivity index (χ0v) is 17.6. The highest BCUT2D eigenvalue weighted by molar-refractivity contribution is 7.89. The van der Waals surface area contributed by atoms with Crippen molar-refractivity contribution >= 4 is 27.4 Å². The van der Waals surface area contributed by atoms with Gasteiger partial charge in [0.25, 0.3) is 0 Å². The van der Waals surface area contributed by atoms with Crippen molar-refractivity contribution in [3.05, 3.63) is 60.6 Å². The number of aromatic nitrogens is 2. The lowest BCUT2D eigenvalue weighted by Gasteiger charge is -2.31. The van der Waals surface area contributed by atoms with Crippen molar-refractivity contribution in [2.75, 3.05) is 18.4 Å². The zero-order chi connectivity index (χ0) is 21.4. The van der Waals surface area contributed by atoms with Gasteiger partial charge in [-0.15, -0.1) is 0 Å². The van der Waals surface area contributed by atoms with Gasteiger partial charge in [0.05, 0.1) is 17.1 Å². The molecule has 2 aliphatic heterocycles. The molecule has 1 aromatic carbocycles. The van der Waals surface area contributed by atoms with Crippen LogP contribution >= 0.6 is 0 Å². The second-order valence-corrected chi connectivity index (χ2v) is 9.78. The van der Waals surface area contributed by atoms with Crippen LogP contribution in [0, 0.1) is 0 Å². The lowest BCUT2D eigenvalue weighted by atomic mass is 10.2. The predicted octanol–water partition coefficient (Wildman–Crippen LogP) is 2.21. The van der Waals surface area contributed by atoms with Crippen LogP contribution in [0.5, 0.6) is 0 Å². The van der Waals surface area contributed by atoms with Crippen molar-refractivity contribution in [1.82, 2.24) is 19.0 Å². The van der Waals surface area contributed by atoms with Crippen LogP contribution in [0.1, 0.15) is 18.4 Å². The maximum absolute atomic E-state index is 12.9. The average molecular weight is 442 g/mol. The van der Waals surface area contributed by atoms with Gasteiger partial charge in [0.15, 0.2) is 0 Å². The topological polar surface area (TPSA) is 105 Å². The molecule has 0 saturated carbocycles. The summed E-state index contributed by atoms with van der Waals surface area (Å²) >= 11 is 0. The number of imidazole rings is 1. The third-order valence-corrected chi connectivity index (χ3v) is 7.51. The van der Waals surface area contributed by atoms with Crippen molar-refractivity contribution in [2.24, 2.45) is 0 Å². The molecule has 10 heteroatoms. The van der Waals surface area contributed by atoms with E-state index < -0.39 is 10.0 Å². The summed E-state index contributed by atoms with van der Waals surface area (Å²) in [5, 5.41) is 5.52. The van der Waals surface area contributed by atoms with Gasteiger partial charge in [-0.25, -0.2) is 18.2 Å². The number of sulfonamides is 1. The molecule has 2 N–H and O–H groups in total. The maximum atomic E-state index is 12.9. The highest BCUT2D eigenvalue weighted by Crippen LogP contribution is 2.30. The first-order valence-electron chi connectivity index (χ1n) is 10.2. The van der Waals surface area contributed by atoms with Gasteiger partial charge in [-0.1, -0.05) is 6.07 Å². The van der Waals surface area contributed by atoms with Crippen molar-refractivity contribution in [3.63, 3.8) is 0 Å². The fourth-order valence-electron chi connectivity index (χ4n) is 4.06. The lowest BCUT2D eigenvalue weighted by molar-refractivity contribution is -0.0114. The number of hydrogen-bond donors (Lipinski definition) is 2. The Morgan fingerprint density at radius 1 is 1.10 bits per heavy atom. The number of carbonyl (C=O) groups excluding carboxylic acids is 1. The number of amides is 2. The van der Waals surface area contributed by atoms with E-state index in [9.17, 15) is 13.2 Å². The molecular formula is C21H23N5O4S. The van der Waals surface area contributed by atoms with E-state index in [1.807, 2.05) is 28.9 Å². The van der Waals surface area contributed by atoms with Gasteiger partial charge in [-0.3, -0.25) is 0 Å². The molecule has 2 saturated heterocycles. The number of nitrogens with zero attached hydrogens (tertiary/aromatic N) is 3. The molecule has 2 atom stereocenters. The number of rotatable bonds is 5. The Kier molecular flexibility index (Phi) is 5.12. The highest BCUT2D eigenvalue weighted by atomic mass is 32.2. The first-order valence-corrected chi connectivity index (χ1v) is 11.6. The Hall–Kier alpha value is -2.95. The molecule has 2 amide bonds. The molecule has 2 aliphatic rings. The van der Waals surface area contributed by atoms with Crippen molar-refractivity contribution in [2.45, 2.75) is 36.5 Å². The molecule has 31 heavy (non-hydrogen) atoms. The molecule has 162 valence electrons. The lowest BCUT2D eigenvalue weighted by Crippen LogP contribution is -2.45. The number of pyridine rings is 1. The maximum Gasteiger partial charge on any atom is 0.319 e. The predicted molar refractivity (Wildman–Crippen MR) is 114 cm³/mol. The van der Waals surface area contributed by atoms with Gasteiger partial charge >= 0.3 is 6.03 Å². The largest absolute Gasteiger partial charge is 0.372 e. The molecule has 2 unspecified atom stereocenters. The van der Waals surface area contributed by atoms with Gasteiger partial charge < -0.3 is 19.8 Å². The molecule has 0 spiro atoms. The van der Waals surface area contributed by atoms with Crippen molar-refractivity contribution in [3.8, 4) is 0 Å². The summed E-state index contributed by atoms with van der Waals surface area (Å²) in [6.07, 6.45) is 7.26. The van der Waals surface area contributed by atoms with E-state index in [2.05, 4.69) is 15.6 Å². The minimum Gasteiger partial charge on any atom is -0.372 e. The number of ether oxygens (including phenoxy) is 1. The quantitative estimate of drug-likeness (QED) is 0.632. The number of anilines is 1. The molecule has 5 rings (SSSR count). The van der Waals surface area contributed by atoms with Crippen LogP contribution in [0.25, 0.3) is 5.65 Å². The van der Waals surface area contributed by atoms with E-state index in [4.69, 9.17) is 4.74 Å². The first kappa shape index (κ1) is 20.0. The molecular weight excluding hydrogens is 418 g/mol. The van der Waals surface area contributed by atoms with Crippen LogP contribution < -0.4 is 10.6 Å². The van der Waals surface area contributed by atoms with Crippen LogP contribution in [0.15, 0.2) is 59.9 Å². The van der Waals surface area contributed by atoms with Gasteiger partial charge in [0.2, 0.25) is 10.0 Å². The second kappa shape index (κ2) is 7.95. The molecule has 3 aromatic rings. The fraction of sp³-hybridized carbons (Fsp3) is 0.333. The van der Waals surface area contributed by atoms with E-state index >= 15 is 0 Å². The Morgan fingerprint density at radius 3 is 2.58 bits per heavy atom. The Labute approximate surface area is 180 Å². The summed E-state index contributed by atoms with van der Waals surface area (Å²) in [5.41, 5.74) is 2.29. The van der Waals surface area contributed by atoms with E-state index in [1.165, 1.54) is 16.4 Å².